The maximum Gasteiger partial charge on any atom is 0.387 e. The van der Waals surface area contributed by atoms with E-state index in [0.29, 0.717) is 5.56 Å². The number of benzene rings is 2. The lowest BCUT2D eigenvalue weighted by Crippen LogP contribution is -2.08. The van der Waals surface area contributed by atoms with Gasteiger partial charge in [0.1, 0.15) is 11.6 Å². The first-order valence-corrected chi connectivity index (χ1v) is 6.46. The predicted octanol–water partition coefficient (Wildman–Crippen LogP) is 4.64. The summed E-state index contributed by atoms with van der Waals surface area (Å²) in [6.45, 7) is -6.08. The molecule has 1 N–H and O–H groups in total. The van der Waals surface area contributed by atoms with Crippen LogP contribution in [0.3, 0.4) is 0 Å². The van der Waals surface area contributed by atoms with Gasteiger partial charge in [0.15, 0.2) is 5.75 Å². The maximum absolute atomic E-state index is 13.1. The number of rotatable bonds is 7. The first kappa shape index (κ1) is 16.9. The first-order chi connectivity index (χ1) is 10.9. The van der Waals surface area contributed by atoms with Crippen LogP contribution in [0.15, 0.2) is 42.5 Å². The zero-order chi connectivity index (χ0) is 16.8. The molecule has 0 saturated carbocycles. The molecule has 0 amide bonds. The van der Waals surface area contributed by atoms with Gasteiger partial charge in [-0.05, 0) is 29.8 Å². The average Bonchev–Trinajstić information content (AvgIpc) is 2.45. The number of anilines is 1. The molecule has 0 radical (unpaired) electrons. The minimum atomic E-state index is -3.13. The molecule has 0 spiro atoms. The van der Waals surface area contributed by atoms with Crippen molar-refractivity contribution in [3.63, 3.8) is 0 Å². The summed E-state index contributed by atoms with van der Waals surface area (Å²) in [5.74, 6) is -1.10. The molecule has 0 heterocycles. The van der Waals surface area contributed by atoms with E-state index in [0.717, 1.165) is 6.07 Å². The Morgan fingerprint density at radius 2 is 1.65 bits per heavy atom. The molecule has 0 aliphatic carbocycles. The van der Waals surface area contributed by atoms with E-state index in [2.05, 4.69) is 14.8 Å². The van der Waals surface area contributed by atoms with Crippen LogP contribution < -0.4 is 14.8 Å². The van der Waals surface area contributed by atoms with E-state index >= 15 is 0 Å². The van der Waals surface area contributed by atoms with Gasteiger partial charge in [-0.2, -0.15) is 17.6 Å². The lowest BCUT2D eigenvalue weighted by Gasteiger charge is -2.14. The summed E-state index contributed by atoms with van der Waals surface area (Å²) in [4.78, 5) is 0. The molecule has 0 saturated heterocycles. The van der Waals surface area contributed by atoms with Gasteiger partial charge in [-0.3, -0.25) is 0 Å². The third-order valence-corrected chi connectivity index (χ3v) is 2.77. The van der Waals surface area contributed by atoms with Crippen molar-refractivity contribution in [3.8, 4) is 11.5 Å². The van der Waals surface area contributed by atoms with Crippen LogP contribution >= 0.6 is 0 Å². The molecule has 2 aromatic rings. The molecule has 0 aliphatic heterocycles. The molecule has 3 nitrogen and oxygen atoms in total. The van der Waals surface area contributed by atoms with Crippen LogP contribution in [0.4, 0.5) is 27.6 Å². The number of nitrogens with one attached hydrogen (secondary N) is 1. The molecule has 0 aromatic heterocycles. The first-order valence-electron chi connectivity index (χ1n) is 6.46. The van der Waals surface area contributed by atoms with Gasteiger partial charge in [0.2, 0.25) is 0 Å². The molecule has 8 heteroatoms. The number of ether oxygens (including phenoxy) is 2. The summed E-state index contributed by atoms with van der Waals surface area (Å²) in [6.07, 6.45) is 0. The Balaban J connectivity index is 2.15. The summed E-state index contributed by atoms with van der Waals surface area (Å²) in [6, 6.07) is 9.04. The van der Waals surface area contributed by atoms with Gasteiger partial charge >= 0.3 is 13.2 Å². The Labute approximate surface area is 128 Å². The Hall–Kier alpha value is -2.51. The van der Waals surface area contributed by atoms with Crippen molar-refractivity contribution in [2.75, 3.05) is 5.32 Å². The zero-order valence-corrected chi connectivity index (χ0v) is 11.6. The summed E-state index contributed by atoms with van der Waals surface area (Å²) in [5, 5.41) is 2.77. The second kappa shape index (κ2) is 7.66. The molecule has 0 fully saturated rings. The fourth-order valence-electron chi connectivity index (χ4n) is 1.86. The van der Waals surface area contributed by atoms with Gasteiger partial charge in [-0.1, -0.05) is 12.1 Å². The van der Waals surface area contributed by atoms with Crippen LogP contribution in [-0.2, 0) is 6.54 Å². The zero-order valence-electron chi connectivity index (χ0n) is 11.6. The minimum absolute atomic E-state index is 0.131. The lowest BCUT2D eigenvalue weighted by atomic mass is 10.2. The van der Waals surface area contributed by atoms with E-state index in [1.165, 1.54) is 30.3 Å². The van der Waals surface area contributed by atoms with Crippen LogP contribution in [0.5, 0.6) is 11.5 Å². The predicted molar refractivity (Wildman–Crippen MR) is 73.4 cm³/mol. The van der Waals surface area contributed by atoms with Crippen molar-refractivity contribution in [2.45, 2.75) is 19.8 Å². The monoisotopic (exact) mass is 333 g/mol. The van der Waals surface area contributed by atoms with E-state index in [-0.39, 0.29) is 23.7 Å². The molecule has 0 aliphatic rings. The van der Waals surface area contributed by atoms with E-state index in [4.69, 9.17) is 0 Å². The van der Waals surface area contributed by atoms with Crippen LogP contribution in [0, 0.1) is 5.82 Å². The van der Waals surface area contributed by atoms with Crippen molar-refractivity contribution in [3.05, 3.63) is 53.8 Å². The van der Waals surface area contributed by atoms with Crippen molar-refractivity contribution >= 4 is 5.69 Å². The summed E-state index contributed by atoms with van der Waals surface area (Å²) < 4.78 is 70.7. The smallest absolute Gasteiger partial charge is 0.387 e. The Kier molecular flexibility index (Phi) is 5.61. The Morgan fingerprint density at radius 1 is 0.913 bits per heavy atom. The number of hydrogen-bond donors (Lipinski definition) is 1. The van der Waals surface area contributed by atoms with Gasteiger partial charge in [-0.15, -0.1) is 0 Å². The molecule has 23 heavy (non-hydrogen) atoms. The Bertz CT molecular complexity index is 652. The van der Waals surface area contributed by atoms with Crippen LogP contribution in [-0.4, -0.2) is 13.2 Å². The second-order valence-electron chi connectivity index (χ2n) is 4.40. The second-order valence-corrected chi connectivity index (χ2v) is 4.40. The van der Waals surface area contributed by atoms with Gasteiger partial charge in [0.05, 0.1) is 5.69 Å². The van der Waals surface area contributed by atoms with E-state index in [9.17, 15) is 22.0 Å². The molecule has 0 bridgehead atoms. The molecule has 2 rings (SSSR count). The van der Waals surface area contributed by atoms with E-state index in [1.807, 2.05) is 0 Å². The van der Waals surface area contributed by atoms with E-state index < -0.39 is 19.0 Å². The highest BCUT2D eigenvalue weighted by Gasteiger charge is 2.13. The number of halogens is 5. The summed E-state index contributed by atoms with van der Waals surface area (Å²) >= 11 is 0. The third-order valence-electron chi connectivity index (χ3n) is 2.77. The fourth-order valence-corrected chi connectivity index (χ4v) is 1.86. The quantitative estimate of drug-likeness (QED) is 0.749. The van der Waals surface area contributed by atoms with Gasteiger partial charge in [-0.25, -0.2) is 4.39 Å². The number of hydrogen-bond acceptors (Lipinski definition) is 3. The highest BCUT2D eigenvalue weighted by molar-refractivity contribution is 5.59. The van der Waals surface area contributed by atoms with Crippen LogP contribution in [0.25, 0.3) is 0 Å². The fraction of sp³-hybridized carbons (Fsp3) is 0.200. The van der Waals surface area contributed by atoms with E-state index in [1.54, 1.807) is 6.07 Å². The molecular weight excluding hydrogens is 321 g/mol. The molecule has 0 unspecified atom stereocenters. The van der Waals surface area contributed by atoms with Crippen molar-refractivity contribution in [1.82, 2.24) is 0 Å². The topological polar surface area (TPSA) is 30.5 Å². The molecular formula is C15H12F5NO2. The number of alkyl halides is 4. The standard InChI is InChI=1S/C15H12F5NO2/c16-10-3-1-2-9(6-10)8-21-12-5-4-11(22-14(17)18)7-13(12)23-15(19)20/h1-7,14-15,21H,8H2. The van der Waals surface area contributed by atoms with Gasteiger partial charge in [0, 0.05) is 12.6 Å². The maximum atomic E-state index is 13.1. The third kappa shape index (κ3) is 5.32. The summed E-state index contributed by atoms with van der Waals surface area (Å²) in [5.41, 5.74) is 0.706. The SMILES string of the molecule is Fc1cccc(CNc2ccc(OC(F)F)cc2OC(F)F)c1. The van der Waals surface area contributed by atoms with Crippen molar-refractivity contribution in [1.29, 1.82) is 0 Å². The Morgan fingerprint density at radius 3 is 2.30 bits per heavy atom. The minimum Gasteiger partial charge on any atom is -0.435 e. The highest BCUT2D eigenvalue weighted by Crippen LogP contribution is 2.31. The van der Waals surface area contributed by atoms with Crippen molar-refractivity contribution < 1.29 is 31.4 Å². The lowest BCUT2D eigenvalue weighted by molar-refractivity contribution is -0.0539. The largest absolute Gasteiger partial charge is 0.435 e. The van der Waals surface area contributed by atoms with Gasteiger partial charge < -0.3 is 14.8 Å². The summed E-state index contributed by atoms with van der Waals surface area (Å²) in [7, 11) is 0. The molecule has 124 valence electrons. The van der Waals surface area contributed by atoms with Gasteiger partial charge in [0.25, 0.3) is 0 Å². The highest BCUT2D eigenvalue weighted by atomic mass is 19.3. The molecule has 2 aromatic carbocycles. The van der Waals surface area contributed by atoms with Crippen LogP contribution in [0.1, 0.15) is 5.56 Å². The van der Waals surface area contributed by atoms with Crippen molar-refractivity contribution in [2.24, 2.45) is 0 Å². The average molecular weight is 333 g/mol. The van der Waals surface area contributed by atoms with Crippen LogP contribution in [0.2, 0.25) is 0 Å². The normalized spacial score (nSPS) is 10.9. The molecule has 0 atom stereocenters.